The van der Waals surface area contributed by atoms with Crippen molar-refractivity contribution < 1.29 is 0 Å². The summed E-state index contributed by atoms with van der Waals surface area (Å²) in [5, 5.41) is 5.05. The Morgan fingerprint density at radius 1 is 0.420 bits per heavy atom. The summed E-state index contributed by atoms with van der Waals surface area (Å²) < 4.78 is 2.41. The molecule has 2 nitrogen and oxygen atoms in total. The van der Waals surface area contributed by atoms with Crippen molar-refractivity contribution in [2.45, 2.75) is 19.3 Å². The van der Waals surface area contributed by atoms with Gasteiger partial charge in [-0.1, -0.05) is 117 Å². The SMILES string of the molecule is CC1(C)c2cc(-c3ccc(-c4ccncc4)cc3)ccc2-c2ccc(-c3ccc4c(c3)c3ccccc3n4-c3ccc4ccccc4c3)cc21. The molecule has 9 aromatic rings. The van der Waals surface area contributed by atoms with E-state index in [1.807, 2.05) is 12.4 Å². The number of para-hydroxylation sites is 1. The molecule has 0 N–H and O–H groups in total. The smallest absolute Gasteiger partial charge is 0.0541 e. The van der Waals surface area contributed by atoms with Crippen LogP contribution in [0.4, 0.5) is 0 Å². The van der Waals surface area contributed by atoms with Gasteiger partial charge >= 0.3 is 0 Å². The number of hydrogen-bond acceptors (Lipinski definition) is 1. The van der Waals surface area contributed by atoms with Crippen molar-refractivity contribution in [3.63, 3.8) is 0 Å². The number of fused-ring (bicyclic) bond motifs is 7. The third-order valence-corrected chi connectivity index (χ3v) is 10.9. The molecule has 0 amide bonds. The Morgan fingerprint density at radius 3 is 1.70 bits per heavy atom. The lowest BCUT2D eigenvalue weighted by molar-refractivity contribution is 0.661. The van der Waals surface area contributed by atoms with Crippen molar-refractivity contribution in [1.82, 2.24) is 9.55 Å². The summed E-state index contributed by atoms with van der Waals surface area (Å²) in [6.07, 6.45) is 3.69. The van der Waals surface area contributed by atoms with Crippen LogP contribution in [0.5, 0.6) is 0 Å². The van der Waals surface area contributed by atoms with Crippen LogP contribution in [0, 0.1) is 0 Å². The van der Waals surface area contributed by atoms with Crippen LogP contribution in [0.3, 0.4) is 0 Å². The molecular weight excluding hydrogens is 605 g/mol. The molecule has 1 aliphatic carbocycles. The van der Waals surface area contributed by atoms with Gasteiger partial charge in [0, 0.05) is 34.3 Å². The highest BCUT2D eigenvalue weighted by Crippen LogP contribution is 2.51. The van der Waals surface area contributed by atoms with E-state index in [1.54, 1.807) is 0 Å². The van der Waals surface area contributed by atoms with Gasteiger partial charge in [-0.2, -0.15) is 0 Å². The third-order valence-electron chi connectivity index (χ3n) is 10.9. The molecule has 0 saturated carbocycles. The first-order valence-corrected chi connectivity index (χ1v) is 17.4. The summed E-state index contributed by atoms with van der Waals surface area (Å²) in [5.74, 6) is 0. The van der Waals surface area contributed by atoms with E-state index in [9.17, 15) is 0 Å². The van der Waals surface area contributed by atoms with Gasteiger partial charge in [0.05, 0.1) is 11.0 Å². The zero-order valence-electron chi connectivity index (χ0n) is 28.1. The molecule has 0 spiro atoms. The molecule has 0 atom stereocenters. The third kappa shape index (κ3) is 4.38. The van der Waals surface area contributed by atoms with E-state index < -0.39 is 0 Å². The van der Waals surface area contributed by atoms with Crippen molar-refractivity contribution in [2.24, 2.45) is 0 Å². The Bertz CT molecular complexity index is 2770. The predicted octanol–water partition coefficient (Wildman–Crippen LogP) is 12.6. The van der Waals surface area contributed by atoms with Gasteiger partial charge in [0.25, 0.3) is 0 Å². The standard InChI is InChI=1S/C48H34N2/c1-48(2)44-29-37(33-13-11-32(12-14-33)34-23-25-49-26-24-34)16-20-40(44)41-21-17-38(30-45(41)48)36-18-22-47-43(28-36)42-9-5-6-10-46(42)50(47)39-19-15-31-7-3-4-8-35(31)27-39/h3-30H,1-2H3. The molecule has 0 aliphatic heterocycles. The number of pyridine rings is 1. The largest absolute Gasteiger partial charge is 0.309 e. The van der Waals surface area contributed by atoms with Crippen molar-refractivity contribution in [3.05, 3.63) is 181 Å². The van der Waals surface area contributed by atoms with Crippen molar-refractivity contribution >= 4 is 32.6 Å². The predicted molar refractivity (Wildman–Crippen MR) is 210 cm³/mol. The second kappa shape index (κ2) is 10.9. The van der Waals surface area contributed by atoms with Crippen LogP contribution in [0.1, 0.15) is 25.0 Å². The van der Waals surface area contributed by atoms with E-state index in [-0.39, 0.29) is 5.41 Å². The van der Waals surface area contributed by atoms with Crippen molar-refractivity contribution in [2.75, 3.05) is 0 Å². The number of nitrogens with zero attached hydrogens (tertiary/aromatic N) is 2. The summed E-state index contributed by atoms with van der Waals surface area (Å²) in [6, 6.07) is 58.2. The van der Waals surface area contributed by atoms with Crippen molar-refractivity contribution in [3.8, 4) is 50.2 Å². The molecule has 0 radical (unpaired) electrons. The lowest BCUT2D eigenvalue weighted by Crippen LogP contribution is -2.15. The Labute approximate surface area is 291 Å². The molecule has 2 heterocycles. The van der Waals surface area contributed by atoms with Gasteiger partial charge in [-0.15, -0.1) is 0 Å². The Hall–Kier alpha value is -6.25. The van der Waals surface area contributed by atoms with Gasteiger partial charge < -0.3 is 4.57 Å². The van der Waals surface area contributed by atoms with Gasteiger partial charge in [0.1, 0.15) is 0 Å². The van der Waals surface area contributed by atoms with Crippen LogP contribution in [0.15, 0.2) is 170 Å². The van der Waals surface area contributed by atoms with Crippen LogP contribution in [0.25, 0.3) is 82.8 Å². The summed E-state index contributed by atoms with van der Waals surface area (Å²) in [7, 11) is 0. The minimum atomic E-state index is -0.121. The van der Waals surface area contributed by atoms with Crippen LogP contribution in [0.2, 0.25) is 0 Å². The fraction of sp³-hybridized carbons (Fsp3) is 0.0625. The lowest BCUT2D eigenvalue weighted by atomic mass is 9.80. The summed E-state index contributed by atoms with van der Waals surface area (Å²) in [5.41, 5.74) is 16.3. The second-order valence-electron chi connectivity index (χ2n) is 14.1. The fourth-order valence-corrected chi connectivity index (χ4v) is 8.24. The van der Waals surface area contributed by atoms with E-state index in [1.165, 1.54) is 93.9 Å². The zero-order chi connectivity index (χ0) is 33.4. The summed E-state index contributed by atoms with van der Waals surface area (Å²) in [4.78, 5) is 4.16. The van der Waals surface area contributed by atoms with E-state index in [0.717, 1.165) is 0 Å². The molecule has 0 bridgehead atoms. The molecule has 1 aliphatic rings. The van der Waals surface area contributed by atoms with Gasteiger partial charge in [0.15, 0.2) is 0 Å². The maximum atomic E-state index is 4.16. The van der Waals surface area contributed by atoms with E-state index in [4.69, 9.17) is 0 Å². The zero-order valence-corrected chi connectivity index (χ0v) is 28.1. The fourth-order valence-electron chi connectivity index (χ4n) is 8.24. The van der Waals surface area contributed by atoms with E-state index in [0.29, 0.717) is 0 Å². The maximum Gasteiger partial charge on any atom is 0.0541 e. The quantitative estimate of drug-likeness (QED) is 0.188. The molecule has 7 aromatic carbocycles. The minimum absolute atomic E-state index is 0.121. The van der Waals surface area contributed by atoms with Crippen LogP contribution >= 0.6 is 0 Å². The van der Waals surface area contributed by atoms with E-state index >= 15 is 0 Å². The van der Waals surface area contributed by atoms with Gasteiger partial charge in [-0.05, 0) is 121 Å². The molecule has 0 saturated heterocycles. The first-order valence-electron chi connectivity index (χ1n) is 17.4. The molecule has 2 aromatic heterocycles. The highest BCUT2D eigenvalue weighted by Gasteiger charge is 2.36. The number of benzene rings is 7. The molecule has 50 heavy (non-hydrogen) atoms. The molecule has 2 heteroatoms. The average Bonchev–Trinajstić information content (AvgIpc) is 3.62. The molecule has 0 unspecified atom stereocenters. The molecular formula is C48H34N2. The topological polar surface area (TPSA) is 17.8 Å². The summed E-state index contributed by atoms with van der Waals surface area (Å²) >= 11 is 0. The van der Waals surface area contributed by atoms with Crippen LogP contribution in [-0.4, -0.2) is 9.55 Å². The molecule has 236 valence electrons. The monoisotopic (exact) mass is 638 g/mol. The first-order chi connectivity index (χ1) is 24.5. The van der Waals surface area contributed by atoms with E-state index in [2.05, 4.69) is 181 Å². The van der Waals surface area contributed by atoms with Gasteiger partial charge in [-0.25, -0.2) is 0 Å². The summed E-state index contributed by atoms with van der Waals surface area (Å²) in [6.45, 7) is 4.75. The molecule has 0 fully saturated rings. The van der Waals surface area contributed by atoms with Crippen LogP contribution < -0.4 is 0 Å². The van der Waals surface area contributed by atoms with Crippen molar-refractivity contribution in [1.29, 1.82) is 0 Å². The molecule has 10 rings (SSSR count). The highest BCUT2D eigenvalue weighted by atomic mass is 15.0. The Balaban J connectivity index is 1.03. The average molecular weight is 639 g/mol. The van der Waals surface area contributed by atoms with Crippen LogP contribution in [-0.2, 0) is 5.41 Å². The lowest BCUT2D eigenvalue weighted by Gasteiger charge is -2.22. The Kier molecular flexibility index (Phi) is 6.25. The van der Waals surface area contributed by atoms with Gasteiger partial charge in [-0.3, -0.25) is 4.98 Å². The first kappa shape index (κ1) is 28.7. The maximum absolute atomic E-state index is 4.16. The second-order valence-corrected chi connectivity index (χ2v) is 14.1. The normalized spacial score (nSPS) is 13.2. The van der Waals surface area contributed by atoms with Gasteiger partial charge in [0.2, 0.25) is 0 Å². The number of aromatic nitrogens is 2. The Morgan fingerprint density at radius 2 is 0.960 bits per heavy atom. The highest BCUT2D eigenvalue weighted by molar-refractivity contribution is 6.10. The minimum Gasteiger partial charge on any atom is -0.309 e. The number of hydrogen-bond donors (Lipinski definition) is 0. The number of rotatable bonds is 4.